The van der Waals surface area contributed by atoms with Gasteiger partial charge < -0.3 is 15.0 Å². The average molecular weight is 254 g/mol. The Hall–Kier alpha value is -0.610. The lowest BCUT2D eigenvalue weighted by Gasteiger charge is -2.38. The predicted octanol–water partition coefficient (Wildman–Crippen LogP) is 1.54. The molecule has 4 heteroatoms. The number of ether oxygens (including phenoxy) is 1. The van der Waals surface area contributed by atoms with Gasteiger partial charge in [0.05, 0.1) is 25.3 Å². The van der Waals surface area contributed by atoms with Gasteiger partial charge in [0, 0.05) is 12.6 Å². The lowest BCUT2D eigenvalue weighted by Crippen LogP contribution is -2.54. The number of hydrogen-bond acceptors (Lipinski definition) is 3. The van der Waals surface area contributed by atoms with Crippen LogP contribution < -0.4 is 5.32 Å². The standard InChI is InChI=1S/C14H26N2O2/c1-3-13-10-18-11(2)9-16(13)14(17)8-15-12-6-4-5-7-12/h11-13,15H,3-10H2,1-2H3. The van der Waals surface area contributed by atoms with Crippen LogP contribution in [0.1, 0.15) is 46.0 Å². The van der Waals surface area contributed by atoms with Gasteiger partial charge in [0.2, 0.25) is 5.91 Å². The highest BCUT2D eigenvalue weighted by atomic mass is 16.5. The molecule has 4 nitrogen and oxygen atoms in total. The Labute approximate surface area is 110 Å². The predicted molar refractivity (Wildman–Crippen MR) is 71.5 cm³/mol. The van der Waals surface area contributed by atoms with Gasteiger partial charge in [0.1, 0.15) is 0 Å². The van der Waals surface area contributed by atoms with E-state index in [-0.39, 0.29) is 18.1 Å². The van der Waals surface area contributed by atoms with E-state index in [4.69, 9.17) is 4.74 Å². The van der Waals surface area contributed by atoms with Gasteiger partial charge in [0.25, 0.3) is 0 Å². The summed E-state index contributed by atoms with van der Waals surface area (Å²) < 4.78 is 5.63. The minimum Gasteiger partial charge on any atom is -0.375 e. The van der Waals surface area contributed by atoms with E-state index in [2.05, 4.69) is 12.2 Å². The molecule has 0 radical (unpaired) electrons. The molecule has 1 saturated carbocycles. The van der Waals surface area contributed by atoms with Crippen LogP contribution in [0.3, 0.4) is 0 Å². The zero-order chi connectivity index (χ0) is 13.0. The number of nitrogens with zero attached hydrogens (tertiary/aromatic N) is 1. The van der Waals surface area contributed by atoms with Gasteiger partial charge in [0.15, 0.2) is 0 Å². The van der Waals surface area contributed by atoms with Crippen LogP contribution in [0.2, 0.25) is 0 Å². The molecule has 0 bridgehead atoms. The van der Waals surface area contributed by atoms with Crippen LogP contribution in [0.25, 0.3) is 0 Å². The maximum Gasteiger partial charge on any atom is 0.236 e. The van der Waals surface area contributed by atoms with Crippen LogP contribution in [0, 0.1) is 0 Å². The fraction of sp³-hybridized carbons (Fsp3) is 0.929. The van der Waals surface area contributed by atoms with Crippen LogP contribution in [0.5, 0.6) is 0 Å². The van der Waals surface area contributed by atoms with E-state index in [1.54, 1.807) is 0 Å². The van der Waals surface area contributed by atoms with Crippen molar-refractivity contribution in [2.75, 3.05) is 19.7 Å². The molecule has 0 aromatic heterocycles. The first-order chi connectivity index (χ1) is 8.70. The second kappa shape index (κ2) is 6.53. The molecule has 1 saturated heterocycles. The SMILES string of the molecule is CCC1COC(C)CN1C(=O)CNC1CCCC1. The third kappa shape index (κ3) is 3.45. The van der Waals surface area contributed by atoms with Crippen molar-refractivity contribution in [3.63, 3.8) is 0 Å². The van der Waals surface area contributed by atoms with E-state index >= 15 is 0 Å². The first kappa shape index (κ1) is 13.8. The Balaban J connectivity index is 1.81. The summed E-state index contributed by atoms with van der Waals surface area (Å²) in [6.45, 7) is 6.08. The van der Waals surface area contributed by atoms with Crippen molar-refractivity contribution >= 4 is 5.91 Å². The van der Waals surface area contributed by atoms with E-state index in [0.29, 0.717) is 19.2 Å². The molecule has 1 amide bonds. The van der Waals surface area contributed by atoms with Crippen LogP contribution in [-0.4, -0.2) is 48.7 Å². The molecule has 1 heterocycles. The minimum absolute atomic E-state index is 0.170. The Morgan fingerprint density at radius 1 is 1.39 bits per heavy atom. The highest BCUT2D eigenvalue weighted by molar-refractivity contribution is 5.78. The van der Waals surface area contributed by atoms with Crippen LogP contribution in [0.15, 0.2) is 0 Å². The molecule has 104 valence electrons. The Bertz CT molecular complexity index is 277. The average Bonchev–Trinajstić information content (AvgIpc) is 2.89. The Morgan fingerprint density at radius 3 is 2.78 bits per heavy atom. The smallest absolute Gasteiger partial charge is 0.236 e. The number of carbonyl (C=O) groups excluding carboxylic acids is 1. The zero-order valence-electron chi connectivity index (χ0n) is 11.7. The first-order valence-electron chi connectivity index (χ1n) is 7.35. The van der Waals surface area contributed by atoms with E-state index < -0.39 is 0 Å². The van der Waals surface area contributed by atoms with Crippen molar-refractivity contribution in [3.8, 4) is 0 Å². The number of carbonyl (C=O) groups is 1. The van der Waals surface area contributed by atoms with Gasteiger partial charge in [-0.05, 0) is 26.2 Å². The maximum atomic E-state index is 12.3. The molecule has 0 aromatic rings. The van der Waals surface area contributed by atoms with E-state index in [0.717, 1.165) is 13.0 Å². The van der Waals surface area contributed by atoms with E-state index in [1.165, 1.54) is 25.7 Å². The van der Waals surface area contributed by atoms with Crippen LogP contribution in [-0.2, 0) is 9.53 Å². The van der Waals surface area contributed by atoms with Gasteiger partial charge in [-0.1, -0.05) is 19.8 Å². The quantitative estimate of drug-likeness (QED) is 0.827. The summed E-state index contributed by atoms with van der Waals surface area (Å²) in [4.78, 5) is 14.3. The van der Waals surface area contributed by atoms with E-state index in [9.17, 15) is 4.79 Å². The number of hydrogen-bond donors (Lipinski definition) is 1. The van der Waals surface area contributed by atoms with Gasteiger partial charge in [-0.15, -0.1) is 0 Å². The third-order valence-corrected chi connectivity index (χ3v) is 4.16. The Kier molecular flexibility index (Phi) is 5.01. The molecular weight excluding hydrogens is 228 g/mol. The molecule has 2 atom stereocenters. The minimum atomic E-state index is 0.170. The molecule has 2 rings (SSSR count). The van der Waals surface area contributed by atoms with Crippen molar-refractivity contribution in [3.05, 3.63) is 0 Å². The summed E-state index contributed by atoms with van der Waals surface area (Å²) in [6, 6.07) is 0.826. The zero-order valence-corrected chi connectivity index (χ0v) is 11.7. The summed E-state index contributed by atoms with van der Waals surface area (Å²) in [6.07, 6.45) is 6.20. The lowest BCUT2D eigenvalue weighted by molar-refractivity contribution is -0.143. The molecule has 0 aromatic carbocycles. The fourth-order valence-corrected chi connectivity index (χ4v) is 2.95. The van der Waals surface area contributed by atoms with Crippen molar-refractivity contribution in [2.45, 2.75) is 64.1 Å². The molecule has 1 aliphatic carbocycles. The number of morpholine rings is 1. The molecule has 2 fully saturated rings. The van der Waals surface area contributed by atoms with Gasteiger partial charge in [-0.2, -0.15) is 0 Å². The largest absolute Gasteiger partial charge is 0.375 e. The highest BCUT2D eigenvalue weighted by Crippen LogP contribution is 2.18. The van der Waals surface area contributed by atoms with E-state index in [1.807, 2.05) is 11.8 Å². The number of rotatable bonds is 4. The molecule has 2 unspecified atom stereocenters. The normalized spacial score (nSPS) is 29.8. The van der Waals surface area contributed by atoms with Crippen molar-refractivity contribution in [2.24, 2.45) is 0 Å². The van der Waals surface area contributed by atoms with Crippen LogP contribution >= 0.6 is 0 Å². The molecule has 18 heavy (non-hydrogen) atoms. The fourth-order valence-electron chi connectivity index (χ4n) is 2.95. The summed E-state index contributed by atoms with van der Waals surface area (Å²) in [7, 11) is 0. The van der Waals surface area contributed by atoms with Crippen molar-refractivity contribution in [1.29, 1.82) is 0 Å². The molecule has 1 N–H and O–H groups in total. The highest BCUT2D eigenvalue weighted by Gasteiger charge is 2.29. The van der Waals surface area contributed by atoms with Crippen LogP contribution in [0.4, 0.5) is 0 Å². The molecule has 2 aliphatic rings. The molecular formula is C14H26N2O2. The lowest BCUT2D eigenvalue weighted by atomic mass is 10.1. The second-order valence-electron chi connectivity index (χ2n) is 5.61. The van der Waals surface area contributed by atoms with Crippen molar-refractivity contribution in [1.82, 2.24) is 10.2 Å². The van der Waals surface area contributed by atoms with Gasteiger partial charge in [-0.3, -0.25) is 4.79 Å². The maximum absolute atomic E-state index is 12.3. The third-order valence-electron chi connectivity index (χ3n) is 4.16. The Morgan fingerprint density at radius 2 is 2.11 bits per heavy atom. The van der Waals surface area contributed by atoms with Gasteiger partial charge >= 0.3 is 0 Å². The summed E-state index contributed by atoms with van der Waals surface area (Å²) >= 11 is 0. The number of amides is 1. The van der Waals surface area contributed by atoms with Gasteiger partial charge in [-0.25, -0.2) is 0 Å². The topological polar surface area (TPSA) is 41.6 Å². The molecule has 0 spiro atoms. The second-order valence-corrected chi connectivity index (χ2v) is 5.61. The summed E-state index contributed by atoms with van der Waals surface area (Å²) in [5.41, 5.74) is 0. The summed E-state index contributed by atoms with van der Waals surface area (Å²) in [5.74, 6) is 0.240. The summed E-state index contributed by atoms with van der Waals surface area (Å²) in [5, 5.41) is 3.41. The first-order valence-corrected chi connectivity index (χ1v) is 7.35. The van der Waals surface area contributed by atoms with Crippen molar-refractivity contribution < 1.29 is 9.53 Å². The monoisotopic (exact) mass is 254 g/mol. The molecule has 1 aliphatic heterocycles. The number of nitrogens with one attached hydrogen (secondary N) is 1.